The van der Waals surface area contributed by atoms with Gasteiger partial charge in [-0.05, 0) is 31.9 Å². The lowest BCUT2D eigenvalue weighted by atomic mass is 10.1. The largest absolute Gasteiger partial charge is 0.383 e. The highest BCUT2D eigenvalue weighted by atomic mass is 19.1. The number of hydrogen-bond acceptors (Lipinski definition) is 3. The first-order valence-corrected chi connectivity index (χ1v) is 7.11. The number of nitrogens with one attached hydrogen (secondary N) is 1. The smallest absolute Gasteiger partial charge is 0.254 e. The van der Waals surface area contributed by atoms with Crippen LogP contribution >= 0.6 is 0 Å². The molecule has 1 aromatic rings. The molecule has 6 heteroatoms. The Morgan fingerprint density at radius 1 is 1.38 bits per heavy atom. The summed E-state index contributed by atoms with van der Waals surface area (Å²) >= 11 is 0. The summed E-state index contributed by atoms with van der Waals surface area (Å²) in [6.07, 6.45) is 1.85. The fourth-order valence-corrected chi connectivity index (χ4v) is 2.23. The van der Waals surface area contributed by atoms with Crippen LogP contribution in [0.2, 0.25) is 0 Å². The highest BCUT2D eigenvalue weighted by molar-refractivity contribution is 5.95. The first-order chi connectivity index (χ1) is 10.1. The topological polar surface area (TPSA) is 41.6 Å². The number of halogens is 2. The Kier molecular flexibility index (Phi) is 5.12. The molecule has 0 bridgehead atoms. The van der Waals surface area contributed by atoms with Crippen molar-refractivity contribution in [3.8, 4) is 0 Å². The van der Waals surface area contributed by atoms with E-state index in [-0.39, 0.29) is 23.2 Å². The minimum Gasteiger partial charge on any atom is -0.383 e. The van der Waals surface area contributed by atoms with Crippen molar-refractivity contribution in [2.75, 3.05) is 32.1 Å². The lowest BCUT2D eigenvalue weighted by molar-refractivity contribution is 0.0679. The second-order valence-electron chi connectivity index (χ2n) is 5.07. The van der Waals surface area contributed by atoms with Crippen LogP contribution < -0.4 is 5.32 Å². The summed E-state index contributed by atoms with van der Waals surface area (Å²) in [6.45, 7) is 2.99. The van der Waals surface area contributed by atoms with Crippen molar-refractivity contribution in [3.63, 3.8) is 0 Å². The van der Waals surface area contributed by atoms with Crippen LogP contribution in [0.15, 0.2) is 12.1 Å². The molecule has 4 nitrogen and oxygen atoms in total. The molecule has 1 aliphatic carbocycles. The van der Waals surface area contributed by atoms with Crippen LogP contribution in [0.25, 0.3) is 0 Å². The molecule has 116 valence electrons. The lowest BCUT2D eigenvalue weighted by Crippen LogP contribution is -2.36. The molecular formula is C15H20F2N2O2. The van der Waals surface area contributed by atoms with Crippen LogP contribution in [-0.4, -0.2) is 43.7 Å². The SMILES string of the molecule is CCNc1c(F)cc(C(=O)N(CCOC)C2CC2)cc1F. The number of carbonyl (C=O) groups excluding carboxylic acids is 1. The Morgan fingerprint density at radius 2 is 2.00 bits per heavy atom. The first-order valence-electron chi connectivity index (χ1n) is 7.11. The van der Waals surface area contributed by atoms with E-state index < -0.39 is 11.6 Å². The van der Waals surface area contributed by atoms with E-state index in [0.717, 1.165) is 25.0 Å². The number of methoxy groups -OCH3 is 1. The first kappa shape index (κ1) is 15.7. The van der Waals surface area contributed by atoms with Crippen LogP contribution in [0.3, 0.4) is 0 Å². The number of rotatable bonds is 7. The van der Waals surface area contributed by atoms with Crippen molar-refractivity contribution in [3.05, 3.63) is 29.3 Å². The maximum Gasteiger partial charge on any atom is 0.254 e. The van der Waals surface area contributed by atoms with Gasteiger partial charge < -0.3 is 15.0 Å². The molecule has 0 heterocycles. The van der Waals surface area contributed by atoms with Gasteiger partial charge in [-0.1, -0.05) is 0 Å². The molecule has 2 rings (SSSR count). The van der Waals surface area contributed by atoms with E-state index in [9.17, 15) is 13.6 Å². The molecule has 1 aliphatic rings. The number of benzene rings is 1. The van der Waals surface area contributed by atoms with Gasteiger partial charge in [0.2, 0.25) is 0 Å². The number of carbonyl (C=O) groups is 1. The Balaban J connectivity index is 2.21. The monoisotopic (exact) mass is 298 g/mol. The molecule has 0 aliphatic heterocycles. The zero-order chi connectivity index (χ0) is 15.4. The van der Waals surface area contributed by atoms with Crippen molar-refractivity contribution in [1.29, 1.82) is 0 Å². The normalized spacial score (nSPS) is 14.1. The van der Waals surface area contributed by atoms with Crippen molar-refractivity contribution in [2.24, 2.45) is 0 Å². The fraction of sp³-hybridized carbons (Fsp3) is 0.533. The van der Waals surface area contributed by atoms with E-state index in [1.54, 1.807) is 18.9 Å². The second kappa shape index (κ2) is 6.85. The molecule has 1 saturated carbocycles. The van der Waals surface area contributed by atoms with E-state index in [4.69, 9.17) is 4.74 Å². The van der Waals surface area contributed by atoms with Gasteiger partial charge in [-0.3, -0.25) is 4.79 Å². The standard InChI is InChI=1S/C15H20F2N2O2/c1-3-18-14-12(16)8-10(9-13(14)17)15(20)19(6-7-21-2)11-4-5-11/h8-9,11,18H,3-7H2,1-2H3. The zero-order valence-corrected chi connectivity index (χ0v) is 12.3. The molecule has 0 unspecified atom stereocenters. The average Bonchev–Trinajstić information content (AvgIpc) is 3.27. The Morgan fingerprint density at radius 3 is 2.48 bits per heavy atom. The number of amides is 1. The van der Waals surface area contributed by atoms with Crippen LogP contribution in [0.1, 0.15) is 30.1 Å². The highest BCUT2D eigenvalue weighted by Crippen LogP contribution is 2.29. The number of hydrogen-bond donors (Lipinski definition) is 1. The molecule has 0 spiro atoms. The Bertz CT molecular complexity index is 495. The maximum atomic E-state index is 13.9. The van der Waals surface area contributed by atoms with Crippen LogP contribution in [0, 0.1) is 11.6 Å². The summed E-state index contributed by atoms with van der Waals surface area (Å²) in [6, 6.07) is 2.34. The molecule has 0 atom stereocenters. The lowest BCUT2D eigenvalue weighted by Gasteiger charge is -2.22. The quantitative estimate of drug-likeness (QED) is 0.841. The summed E-state index contributed by atoms with van der Waals surface area (Å²) in [5.74, 6) is -1.85. The summed E-state index contributed by atoms with van der Waals surface area (Å²) in [5, 5.41) is 2.61. The highest BCUT2D eigenvalue weighted by Gasteiger charge is 2.33. The summed E-state index contributed by atoms with van der Waals surface area (Å²) in [5.41, 5.74) is -0.154. The van der Waals surface area contributed by atoms with Crippen molar-refractivity contribution in [1.82, 2.24) is 4.90 Å². The fourth-order valence-electron chi connectivity index (χ4n) is 2.23. The minimum atomic E-state index is -0.748. The van der Waals surface area contributed by atoms with E-state index in [0.29, 0.717) is 19.7 Å². The van der Waals surface area contributed by atoms with Gasteiger partial charge in [0.25, 0.3) is 5.91 Å². The van der Waals surface area contributed by atoms with Gasteiger partial charge in [-0.2, -0.15) is 0 Å². The Hall–Kier alpha value is -1.69. The van der Waals surface area contributed by atoms with E-state index in [1.807, 2.05) is 0 Å². The minimum absolute atomic E-state index is 0.0367. The Labute approximate surface area is 123 Å². The zero-order valence-electron chi connectivity index (χ0n) is 12.3. The van der Waals surface area contributed by atoms with Gasteiger partial charge in [-0.15, -0.1) is 0 Å². The summed E-state index contributed by atoms with van der Waals surface area (Å²) in [4.78, 5) is 14.1. The third-order valence-corrected chi connectivity index (χ3v) is 3.43. The van der Waals surface area contributed by atoms with Gasteiger partial charge >= 0.3 is 0 Å². The van der Waals surface area contributed by atoms with Crippen molar-refractivity contribution in [2.45, 2.75) is 25.8 Å². The van der Waals surface area contributed by atoms with Gasteiger partial charge in [0, 0.05) is 31.8 Å². The summed E-state index contributed by atoms with van der Waals surface area (Å²) in [7, 11) is 1.56. The van der Waals surface area contributed by atoms with E-state index in [1.165, 1.54) is 0 Å². The van der Waals surface area contributed by atoms with Crippen LogP contribution in [0.5, 0.6) is 0 Å². The average molecular weight is 298 g/mol. The third-order valence-electron chi connectivity index (χ3n) is 3.43. The van der Waals surface area contributed by atoms with E-state index >= 15 is 0 Å². The van der Waals surface area contributed by atoms with Gasteiger partial charge in [-0.25, -0.2) is 8.78 Å². The molecule has 1 fully saturated rings. The van der Waals surface area contributed by atoms with Crippen LogP contribution in [-0.2, 0) is 4.74 Å². The molecular weight excluding hydrogens is 278 g/mol. The predicted molar refractivity (Wildman–Crippen MR) is 76.5 cm³/mol. The molecule has 0 saturated heterocycles. The molecule has 0 aromatic heterocycles. The van der Waals surface area contributed by atoms with Gasteiger partial charge in [0.05, 0.1) is 6.61 Å². The molecule has 1 N–H and O–H groups in total. The van der Waals surface area contributed by atoms with E-state index in [2.05, 4.69) is 5.32 Å². The molecule has 1 amide bonds. The molecule has 1 aromatic carbocycles. The van der Waals surface area contributed by atoms with Crippen molar-refractivity contribution >= 4 is 11.6 Å². The van der Waals surface area contributed by atoms with Crippen molar-refractivity contribution < 1.29 is 18.3 Å². The molecule has 21 heavy (non-hydrogen) atoms. The third kappa shape index (κ3) is 3.69. The van der Waals surface area contributed by atoms with Gasteiger partial charge in [0.15, 0.2) is 0 Å². The van der Waals surface area contributed by atoms with Gasteiger partial charge in [0.1, 0.15) is 17.3 Å². The maximum absolute atomic E-state index is 13.9. The molecule has 0 radical (unpaired) electrons. The predicted octanol–water partition coefficient (Wildman–Crippen LogP) is 2.65. The number of anilines is 1. The second-order valence-corrected chi connectivity index (χ2v) is 5.07. The number of nitrogens with zero attached hydrogens (tertiary/aromatic N) is 1. The number of ether oxygens (including phenoxy) is 1. The summed E-state index contributed by atoms with van der Waals surface area (Å²) < 4.78 is 32.8. The van der Waals surface area contributed by atoms with Crippen LogP contribution in [0.4, 0.5) is 14.5 Å².